The summed E-state index contributed by atoms with van der Waals surface area (Å²) in [6.07, 6.45) is 0. The fourth-order valence-electron chi connectivity index (χ4n) is 0.267. The molecule has 1 fully saturated rings. The number of nitrogens with one attached hydrogen (secondary N) is 1. The smallest absolute Gasteiger partial charge is 0.286 e. The van der Waals surface area contributed by atoms with Crippen molar-refractivity contribution in [3.63, 3.8) is 0 Å². The van der Waals surface area contributed by atoms with Gasteiger partial charge in [0.1, 0.15) is 0 Å². The van der Waals surface area contributed by atoms with Gasteiger partial charge in [0.25, 0.3) is 5.24 Å². The highest BCUT2D eigenvalue weighted by atomic mass is 32.2. The first-order valence-corrected chi connectivity index (χ1v) is 2.52. The molecule has 2 amide bonds. The molecule has 1 unspecified atom stereocenters. The molecular weight excluding hydrogens is 114 g/mol. The Kier molecular flexibility index (Phi) is 0.765. The van der Waals surface area contributed by atoms with Crippen molar-refractivity contribution in [1.82, 2.24) is 5.32 Å². The molecule has 1 N–H and O–H groups in total. The zero-order valence-electron chi connectivity index (χ0n) is 4.30. The van der Waals surface area contributed by atoms with Crippen LogP contribution in [0.15, 0.2) is 0 Å². The summed E-state index contributed by atoms with van der Waals surface area (Å²) < 4.78 is 6.80. The average Bonchev–Trinajstić information content (AvgIpc) is 1.85. The van der Waals surface area contributed by atoms with Gasteiger partial charge in [0.2, 0.25) is 5.91 Å². The normalized spacial score (nSPS) is 32.6. The Labute approximate surface area is 45.9 Å². The van der Waals surface area contributed by atoms with Gasteiger partial charge in [0.05, 0.1) is 5.73 Å². The highest BCUT2D eigenvalue weighted by molar-refractivity contribution is 8.14. The standard InChI is InChI=1S/C3H3NO2S/c5-2-1-7-3(6)4-2/h1H2,(H,4,5,6)/i1D. The van der Waals surface area contributed by atoms with Crippen molar-refractivity contribution in [3.05, 3.63) is 0 Å². The molecule has 0 saturated carbocycles. The summed E-state index contributed by atoms with van der Waals surface area (Å²) in [6, 6.07) is 0. The highest BCUT2D eigenvalue weighted by Gasteiger charge is 2.16. The van der Waals surface area contributed by atoms with E-state index in [4.69, 9.17) is 1.37 Å². The second-order valence-corrected chi connectivity index (χ2v) is 1.85. The summed E-state index contributed by atoms with van der Waals surface area (Å²) in [4.78, 5) is 20.4. The van der Waals surface area contributed by atoms with Gasteiger partial charge in [-0.05, 0) is 0 Å². The highest BCUT2D eigenvalue weighted by Crippen LogP contribution is 2.06. The second-order valence-electron chi connectivity index (χ2n) is 1.01. The quantitative estimate of drug-likeness (QED) is 0.485. The molecule has 0 aromatic carbocycles. The predicted octanol–water partition coefficient (Wildman–Crippen LogP) is -0.0306. The van der Waals surface area contributed by atoms with E-state index in [1.807, 2.05) is 5.32 Å². The molecule has 1 aliphatic rings. The van der Waals surface area contributed by atoms with E-state index in [2.05, 4.69) is 0 Å². The molecule has 1 aliphatic heterocycles. The third-order valence-electron chi connectivity index (χ3n) is 0.498. The number of amides is 2. The van der Waals surface area contributed by atoms with Crippen molar-refractivity contribution in [1.29, 1.82) is 0 Å². The van der Waals surface area contributed by atoms with E-state index >= 15 is 0 Å². The average molecular weight is 118 g/mol. The number of hydrogen-bond donors (Lipinski definition) is 1. The van der Waals surface area contributed by atoms with E-state index in [0.717, 1.165) is 0 Å². The van der Waals surface area contributed by atoms with Crippen LogP contribution in [-0.4, -0.2) is 16.9 Å². The summed E-state index contributed by atoms with van der Waals surface area (Å²) in [5, 5.41) is 1.54. The van der Waals surface area contributed by atoms with Crippen molar-refractivity contribution in [2.75, 3.05) is 5.73 Å². The van der Waals surface area contributed by atoms with Crippen LogP contribution in [0.4, 0.5) is 4.79 Å². The number of rotatable bonds is 0. The van der Waals surface area contributed by atoms with Crippen LogP contribution in [-0.2, 0) is 4.79 Å². The Balaban J connectivity index is 2.64. The Morgan fingerprint density at radius 1 is 1.86 bits per heavy atom. The molecule has 0 bridgehead atoms. The van der Waals surface area contributed by atoms with Gasteiger partial charge in [-0.1, -0.05) is 11.8 Å². The first kappa shape index (κ1) is 3.49. The van der Waals surface area contributed by atoms with Crippen molar-refractivity contribution in [2.45, 2.75) is 0 Å². The zero-order chi connectivity index (χ0) is 6.15. The van der Waals surface area contributed by atoms with E-state index < -0.39 is 16.9 Å². The maximum Gasteiger partial charge on any atom is 0.286 e. The Morgan fingerprint density at radius 3 is 2.71 bits per heavy atom. The SMILES string of the molecule is [2H]C1SC(=O)NC1=O. The van der Waals surface area contributed by atoms with Crippen LogP contribution in [0, 0.1) is 0 Å². The van der Waals surface area contributed by atoms with Crippen molar-refractivity contribution in [3.8, 4) is 0 Å². The molecule has 0 radical (unpaired) electrons. The van der Waals surface area contributed by atoms with E-state index in [-0.39, 0.29) is 0 Å². The molecule has 0 aromatic rings. The summed E-state index contributed by atoms with van der Waals surface area (Å²) in [6.45, 7) is 0. The van der Waals surface area contributed by atoms with Crippen LogP contribution < -0.4 is 5.32 Å². The molecule has 1 saturated heterocycles. The molecule has 4 heteroatoms. The molecule has 3 nitrogen and oxygen atoms in total. The lowest BCUT2D eigenvalue weighted by Crippen LogP contribution is -2.18. The Hall–Kier alpha value is -0.510. The van der Waals surface area contributed by atoms with Gasteiger partial charge in [-0.3, -0.25) is 14.9 Å². The summed E-state index contributed by atoms with van der Waals surface area (Å²) in [5.74, 6) is -0.514. The van der Waals surface area contributed by atoms with Crippen LogP contribution in [0.5, 0.6) is 0 Å². The van der Waals surface area contributed by atoms with E-state index in [9.17, 15) is 9.59 Å². The maximum atomic E-state index is 10.2. The monoisotopic (exact) mass is 118 g/mol. The number of carbonyl (C=O) groups is 2. The van der Waals surface area contributed by atoms with Gasteiger partial charge in [-0.25, -0.2) is 0 Å². The van der Waals surface area contributed by atoms with Gasteiger partial charge in [0.15, 0.2) is 0 Å². The van der Waals surface area contributed by atoms with Gasteiger partial charge in [-0.15, -0.1) is 0 Å². The first-order chi connectivity index (χ1) is 3.70. The topological polar surface area (TPSA) is 46.2 Å². The lowest BCUT2D eigenvalue weighted by atomic mass is 10.7. The lowest BCUT2D eigenvalue weighted by Gasteiger charge is -1.77. The molecular formula is C3H3NO2S. The summed E-state index contributed by atoms with van der Waals surface area (Å²) in [7, 11) is 0. The molecule has 0 spiro atoms. The molecule has 1 atom stereocenters. The Bertz CT molecular complexity index is 148. The van der Waals surface area contributed by atoms with Gasteiger partial charge < -0.3 is 0 Å². The number of thioether (sulfide) groups is 1. The van der Waals surface area contributed by atoms with Gasteiger partial charge in [0, 0.05) is 1.37 Å². The van der Waals surface area contributed by atoms with Crippen LogP contribution >= 0.6 is 11.8 Å². The van der Waals surface area contributed by atoms with Crippen LogP contribution in [0.2, 0.25) is 0 Å². The van der Waals surface area contributed by atoms with Crippen LogP contribution in [0.25, 0.3) is 0 Å². The number of imide groups is 1. The van der Waals surface area contributed by atoms with E-state index in [0.29, 0.717) is 11.8 Å². The Morgan fingerprint density at radius 2 is 2.57 bits per heavy atom. The fraction of sp³-hybridized carbons (Fsp3) is 0.333. The van der Waals surface area contributed by atoms with Crippen molar-refractivity contribution >= 4 is 22.9 Å². The minimum atomic E-state index is -0.942. The lowest BCUT2D eigenvalue weighted by molar-refractivity contribution is -0.117. The van der Waals surface area contributed by atoms with E-state index in [1.54, 1.807) is 0 Å². The molecule has 0 aromatic heterocycles. The summed E-state index contributed by atoms with van der Waals surface area (Å²) in [5.41, 5.74) is -0.942. The summed E-state index contributed by atoms with van der Waals surface area (Å²) >= 11 is 0.696. The first-order valence-electron chi connectivity index (χ1n) is 2.21. The third kappa shape index (κ3) is 0.928. The van der Waals surface area contributed by atoms with E-state index in [1.165, 1.54) is 0 Å². The minimum Gasteiger partial charge on any atom is -0.286 e. The van der Waals surface area contributed by atoms with Crippen LogP contribution in [0.1, 0.15) is 1.37 Å². The maximum absolute atomic E-state index is 10.2. The molecule has 38 valence electrons. The minimum absolute atomic E-state index is 0.421. The molecule has 1 rings (SSSR count). The second kappa shape index (κ2) is 1.54. The molecule has 0 aliphatic carbocycles. The number of hydrogen-bond acceptors (Lipinski definition) is 3. The van der Waals surface area contributed by atoms with Crippen molar-refractivity contribution < 1.29 is 11.0 Å². The zero-order valence-corrected chi connectivity index (χ0v) is 4.12. The van der Waals surface area contributed by atoms with Gasteiger partial charge >= 0.3 is 0 Å². The largest absolute Gasteiger partial charge is 0.286 e. The van der Waals surface area contributed by atoms with Crippen molar-refractivity contribution in [2.24, 2.45) is 0 Å². The number of carbonyl (C=O) groups excluding carboxylic acids is 2. The fourth-order valence-corrected chi connectivity index (χ4v) is 0.699. The van der Waals surface area contributed by atoms with Gasteiger partial charge in [-0.2, -0.15) is 0 Å². The van der Waals surface area contributed by atoms with Crippen LogP contribution in [0.3, 0.4) is 0 Å². The molecule has 1 heterocycles. The molecule has 7 heavy (non-hydrogen) atoms. The third-order valence-corrected chi connectivity index (χ3v) is 1.15. The predicted molar refractivity (Wildman–Crippen MR) is 26.0 cm³/mol.